The van der Waals surface area contributed by atoms with Crippen LogP contribution < -0.4 is 20.1 Å². The minimum atomic E-state index is 0. The summed E-state index contributed by atoms with van der Waals surface area (Å²) in [6.07, 6.45) is 0.789. The number of halogens is 1. The van der Waals surface area contributed by atoms with Crippen molar-refractivity contribution in [2.75, 3.05) is 33.1 Å². The molecule has 22 heavy (non-hydrogen) atoms. The maximum Gasteiger partial charge on any atom is 0.315 e. The average Bonchev–Trinajstić information content (AvgIpc) is 2.95. The fourth-order valence-corrected chi connectivity index (χ4v) is 1.87. The third-order valence-electron chi connectivity index (χ3n) is 2.90. The number of anilines is 1. The van der Waals surface area contributed by atoms with Crippen molar-refractivity contribution in [2.24, 2.45) is 0 Å². The predicted octanol–water partition coefficient (Wildman–Crippen LogP) is 1.88. The topological polar surface area (TPSA) is 81.4 Å². The zero-order chi connectivity index (χ0) is 15.1. The van der Waals surface area contributed by atoms with Crippen LogP contribution in [0, 0.1) is 0 Å². The van der Waals surface area contributed by atoms with Crippen molar-refractivity contribution in [1.82, 2.24) is 15.5 Å². The largest absolute Gasteiger partial charge is 0.497 e. The molecule has 0 aliphatic heterocycles. The van der Waals surface area contributed by atoms with Gasteiger partial charge in [-0.25, -0.2) is 0 Å². The van der Waals surface area contributed by atoms with Gasteiger partial charge in [-0.3, -0.25) is 0 Å². The first-order valence-corrected chi connectivity index (χ1v) is 6.68. The van der Waals surface area contributed by atoms with E-state index in [1.807, 2.05) is 25.2 Å². The lowest BCUT2D eigenvalue weighted by Crippen LogP contribution is -2.06. The molecule has 7 nitrogen and oxygen atoms in total. The Labute approximate surface area is 135 Å². The molecule has 1 aromatic heterocycles. The molecule has 0 radical (unpaired) electrons. The summed E-state index contributed by atoms with van der Waals surface area (Å²) in [5.74, 6) is 2.11. The second-order valence-electron chi connectivity index (χ2n) is 4.43. The summed E-state index contributed by atoms with van der Waals surface area (Å²) in [5.41, 5.74) is 1.11. The zero-order valence-electron chi connectivity index (χ0n) is 12.9. The first-order valence-electron chi connectivity index (χ1n) is 6.68. The van der Waals surface area contributed by atoms with Crippen LogP contribution in [0.1, 0.15) is 11.5 Å². The van der Waals surface area contributed by atoms with Crippen LogP contribution >= 0.6 is 12.4 Å². The van der Waals surface area contributed by atoms with Gasteiger partial charge < -0.3 is 24.5 Å². The van der Waals surface area contributed by atoms with Crippen molar-refractivity contribution < 1.29 is 13.9 Å². The molecule has 0 bridgehead atoms. The van der Waals surface area contributed by atoms with E-state index >= 15 is 0 Å². The van der Waals surface area contributed by atoms with Crippen LogP contribution in [0.2, 0.25) is 0 Å². The number of ether oxygens (including phenoxy) is 2. The van der Waals surface area contributed by atoms with Crippen LogP contribution in [0.5, 0.6) is 11.5 Å². The number of methoxy groups -OCH3 is 2. The molecule has 0 atom stereocenters. The first kappa shape index (κ1) is 18.1. The monoisotopic (exact) mass is 328 g/mol. The van der Waals surface area contributed by atoms with Gasteiger partial charge in [-0.2, -0.15) is 0 Å². The highest BCUT2D eigenvalue weighted by atomic mass is 35.5. The Kier molecular flexibility index (Phi) is 7.48. The SMILES string of the molecule is CNCc1nnc(NCCc2cc(OC)cc(OC)c2)o1.Cl. The third-order valence-corrected chi connectivity index (χ3v) is 2.90. The highest BCUT2D eigenvalue weighted by molar-refractivity contribution is 5.85. The molecule has 0 saturated heterocycles. The number of nitrogens with one attached hydrogen (secondary N) is 2. The molecule has 122 valence electrons. The Morgan fingerprint density at radius 1 is 1.09 bits per heavy atom. The molecule has 2 N–H and O–H groups in total. The summed E-state index contributed by atoms with van der Waals surface area (Å²) in [6, 6.07) is 6.23. The highest BCUT2D eigenvalue weighted by Crippen LogP contribution is 2.22. The Morgan fingerprint density at radius 2 is 1.77 bits per heavy atom. The molecular weight excluding hydrogens is 308 g/mol. The third kappa shape index (κ3) is 5.09. The van der Waals surface area contributed by atoms with Crippen molar-refractivity contribution in [1.29, 1.82) is 0 Å². The average molecular weight is 329 g/mol. The van der Waals surface area contributed by atoms with Crippen molar-refractivity contribution in [2.45, 2.75) is 13.0 Å². The van der Waals surface area contributed by atoms with Gasteiger partial charge in [0.2, 0.25) is 5.89 Å². The van der Waals surface area contributed by atoms with E-state index in [1.165, 1.54) is 0 Å². The number of hydrogen-bond acceptors (Lipinski definition) is 7. The summed E-state index contributed by atoms with van der Waals surface area (Å²) in [5, 5.41) is 13.9. The summed E-state index contributed by atoms with van der Waals surface area (Å²) in [7, 11) is 5.10. The summed E-state index contributed by atoms with van der Waals surface area (Å²) in [6.45, 7) is 1.24. The smallest absolute Gasteiger partial charge is 0.315 e. The van der Waals surface area contributed by atoms with Gasteiger partial charge in [-0.1, -0.05) is 5.10 Å². The Morgan fingerprint density at radius 3 is 2.36 bits per heavy atom. The molecule has 2 rings (SSSR count). The maximum atomic E-state index is 5.41. The first-order chi connectivity index (χ1) is 10.2. The lowest BCUT2D eigenvalue weighted by Gasteiger charge is -2.08. The molecular formula is C14H21ClN4O3. The lowest BCUT2D eigenvalue weighted by atomic mass is 10.1. The normalized spacial score (nSPS) is 9.95. The van der Waals surface area contributed by atoms with Gasteiger partial charge in [0.25, 0.3) is 0 Å². The standard InChI is InChI=1S/C14H20N4O3.ClH/c1-15-9-13-17-18-14(21-13)16-5-4-10-6-11(19-2)8-12(7-10)20-3;/h6-8,15H,4-5,9H2,1-3H3,(H,16,18);1H. The van der Waals surface area contributed by atoms with Gasteiger partial charge in [0.15, 0.2) is 0 Å². The van der Waals surface area contributed by atoms with Gasteiger partial charge in [-0.05, 0) is 31.2 Å². The quantitative estimate of drug-likeness (QED) is 0.765. The molecule has 2 aromatic rings. The number of rotatable bonds is 8. The highest BCUT2D eigenvalue weighted by Gasteiger charge is 2.05. The van der Waals surface area contributed by atoms with Gasteiger partial charge in [0.05, 0.1) is 20.8 Å². The number of benzene rings is 1. The van der Waals surface area contributed by atoms with Crippen molar-refractivity contribution >= 4 is 18.4 Å². The van der Waals surface area contributed by atoms with Crippen LogP contribution in [0.3, 0.4) is 0 Å². The van der Waals surface area contributed by atoms with E-state index in [0.717, 1.165) is 23.5 Å². The van der Waals surface area contributed by atoms with E-state index in [-0.39, 0.29) is 12.4 Å². The van der Waals surface area contributed by atoms with E-state index in [0.29, 0.717) is 25.0 Å². The van der Waals surface area contributed by atoms with Crippen molar-refractivity contribution in [3.05, 3.63) is 29.7 Å². The minimum absolute atomic E-state index is 0. The van der Waals surface area contributed by atoms with Gasteiger partial charge in [0.1, 0.15) is 11.5 Å². The molecule has 0 unspecified atom stereocenters. The van der Waals surface area contributed by atoms with Gasteiger partial charge in [-0.15, -0.1) is 17.5 Å². The fraction of sp³-hybridized carbons (Fsp3) is 0.429. The van der Waals surface area contributed by atoms with Crippen LogP contribution in [0.4, 0.5) is 6.01 Å². The lowest BCUT2D eigenvalue weighted by molar-refractivity contribution is 0.393. The van der Waals surface area contributed by atoms with Crippen LogP contribution in [0.25, 0.3) is 0 Å². The van der Waals surface area contributed by atoms with Crippen LogP contribution in [0.15, 0.2) is 22.6 Å². The number of hydrogen-bond donors (Lipinski definition) is 2. The second-order valence-corrected chi connectivity index (χ2v) is 4.43. The molecule has 0 spiro atoms. The summed E-state index contributed by atoms with van der Waals surface area (Å²) < 4.78 is 15.9. The van der Waals surface area contributed by atoms with Crippen molar-refractivity contribution in [3.63, 3.8) is 0 Å². The van der Waals surface area contributed by atoms with E-state index in [2.05, 4.69) is 20.8 Å². The number of nitrogens with zero attached hydrogens (tertiary/aromatic N) is 2. The van der Waals surface area contributed by atoms with Crippen LogP contribution in [-0.2, 0) is 13.0 Å². The van der Waals surface area contributed by atoms with E-state index in [4.69, 9.17) is 13.9 Å². The Hall–Kier alpha value is -1.99. The van der Waals surface area contributed by atoms with E-state index in [9.17, 15) is 0 Å². The number of aromatic nitrogens is 2. The second kappa shape index (κ2) is 9.11. The van der Waals surface area contributed by atoms with Gasteiger partial charge in [0, 0.05) is 12.6 Å². The molecule has 0 fully saturated rings. The molecule has 8 heteroatoms. The molecule has 1 heterocycles. The zero-order valence-corrected chi connectivity index (χ0v) is 13.7. The molecule has 0 saturated carbocycles. The maximum absolute atomic E-state index is 5.41. The summed E-state index contributed by atoms with van der Waals surface area (Å²) >= 11 is 0. The molecule has 0 aliphatic carbocycles. The van der Waals surface area contributed by atoms with Crippen molar-refractivity contribution in [3.8, 4) is 11.5 Å². The summed E-state index contributed by atoms with van der Waals surface area (Å²) in [4.78, 5) is 0. The molecule has 0 aliphatic rings. The van der Waals surface area contributed by atoms with E-state index < -0.39 is 0 Å². The van der Waals surface area contributed by atoms with Gasteiger partial charge >= 0.3 is 6.01 Å². The minimum Gasteiger partial charge on any atom is -0.497 e. The van der Waals surface area contributed by atoms with Crippen LogP contribution in [-0.4, -0.2) is 38.0 Å². The Balaban J connectivity index is 0.00000242. The molecule has 1 aromatic carbocycles. The molecule has 0 amide bonds. The fourth-order valence-electron chi connectivity index (χ4n) is 1.87. The Bertz CT molecular complexity index is 555. The predicted molar refractivity (Wildman–Crippen MR) is 86.0 cm³/mol. The van der Waals surface area contributed by atoms with E-state index in [1.54, 1.807) is 14.2 Å².